The number of ketones is 1. The van der Waals surface area contributed by atoms with Crippen LogP contribution in [0.4, 0.5) is 0 Å². The lowest BCUT2D eigenvalue weighted by molar-refractivity contribution is 0.103. The molecule has 0 radical (unpaired) electrons. The van der Waals surface area contributed by atoms with E-state index in [-0.39, 0.29) is 34.1 Å². The summed E-state index contributed by atoms with van der Waals surface area (Å²) in [6.45, 7) is 5.55. The Hall–Kier alpha value is -2.65. The number of benzene rings is 1. The third-order valence-electron chi connectivity index (χ3n) is 3.69. The third kappa shape index (κ3) is 3.57. The minimum absolute atomic E-state index is 0.0221. The third-order valence-corrected chi connectivity index (χ3v) is 4.19. The molecule has 0 aliphatic carbocycles. The maximum atomic E-state index is 13.2. The van der Waals surface area contributed by atoms with Crippen molar-refractivity contribution < 1.29 is 14.3 Å². The van der Waals surface area contributed by atoms with Gasteiger partial charge in [-0.15, -0.1) is 0 Å². The van der Waals surface area contributed by atoms with Gasteiger partial charge in [0.05, 0.1) is 30.9 Å². The first-order chi connectivity index (χ1) is 11.8. The zero-order valence-electron chi connectivity index (χ0n) is 14.7. The predicted octanol–water partition coefficient (Wildman–Crippen LogP) is 3.68. The van der Waals surface area contributed by atoms with Gasteiger partial charge in [0.2, 0.25) is 11.7 Å². The number of halogens is 1. The molecular formula is C18H18ClN3O3. The van der Waals surface area contributed by atoms with Crippen molar-refractivity contribution in [2.75, 3.05) is 14.2 Å². The molecule has 25 heavy (non-hydrogen) atoms. The van der Waals surface area contributed by atoms with E-state index in [1.165, 1.54) is 20.3 Å². The molecule has 0 amide bonds. The lowest BCUT2D eigenvalue weighted by atomic mass is 9.95. The van der Waals surface area contributed by atoms with Gasteiger partial charge in [-0.1, -0.05) is 25.4 Å². The van der Waals surface area contributed by atoms with Crippen LogP contribution >= 0.6 is 11.6 Å². The summed E-state index contributed by atoms with van der Waals surface area (Å²) in [4.78, 5) is 21.5. The smallest absolute Gasteiger partial charge is 0.320 e. The second-order valence-electron chi connectivity index (χ2n) is 5.73. The second-order valence-corrected chi connectivity index (χ2v) is 6.11. The number of methoxy groups -OCH3 is 2. The summed E-state index contributed by atoms with van der Waals surface area (Å²) in [5, 5.41) is 9.45. The van der Waals surface area contributed by atoms with Gasteiger partial charge >= 0.3 is 6.01 Å². The Morgan fingerprint density at radius 3 is 2.44 bits per heavy atom. The van der Waals surface area contributed by atoms with Crippen molar-refractivity contribution in [3.63, 3.8) is 0 Å². The van der Waals surface area contributed by atoms with Crippen molar-refractivity contribution in [3.05, 3.63) is 45.1 Å². The van der Waals surface area contributed by atoms with Gasteiger partial charge in [-0.25, -0.2) is 0 Å². The Morgan fingerprint density at radius 1 is 1.24 bits per heavy atom. The molecule has 0 saturated carbocycles. The van der Waals surface area contributed by atoms with E-state index in [1.54, 1.807) is 13.0 Å². The van der Waals surface area contributed by atoms with Crippen molar-refractivity contribution >= 4 is 17.4 Å². The van der Waals surface area contributed by atoms with E-state index in [0.29, 0.717) is 16.7 Å². The van der Waals surface area contributed by atoms with Crippen molar-refractivity contribution in [1.82, 2.24) is 9.97 Å². The molecule has 2 aromatic rings. The quantitative estimate of drug-likeness (QED) is 0.757. The van der Waals surface area contributed by atoms with Crippen LogP contribution in [-0.2, 0) is 0 Å². The van der Waals surface area contributed by atoms with E-state index in [4.69, 9.17) is 26.3 Å². The molecule has 6 nitrogen and oxygen atoms in total. The fourth-order valence-corrected chi connectivity index (χ4v) is 2.69. The molecule has 0 bridgehead atoms. The summed E-state index contributed by atoms with van der Waals surface area (Å²) < 4.78 is 10.4. The van der Waals surface area contributed by atoms with Crippen molar-refractivity contribution in [2.45, 2.75) is 26.7 Å². The first-order valence-electron chi connectivity index (χ1n) is 7.58. The fraction of sp³-hybridized carbons (Fsp3) is 0.333. The molecule has 1 aromatic heterocycles. The summed E-state index contributed by atoms with van der Waals surface area (Å²) in [5.41, 5.74) is 1.91. The van der Waals surface area contributed by atoms with Gasteiger partial charge in [-0.3, -0.25) is 4.79 Å². The molecule has 0 aliphatic heterocycles. The fourth-order valence-electron chi connectivity index (χ4n) is 2.50. The highest BCUT2D eigenvalue weighted by Gasteiger charge is 2.26. The number of aryl methyl sites for hydroxylation is 1. The zero-order chi connectivity index (χ0) is 18.7. The molecule has 0 N–H and O–H groups in total. The molecule has 1 aromatic carbocycles. The second kappa shape index (κ2) is 7.49. The molecule has 0 saturated heterocycles. The van der Waals surface area contributed by atoms with Crippen LogP contribution < -0.4 is 9.47 Å². The highest BCUT2D eigenvalue weighted by atomic mass is 35.5. The highest BCUT2D eigenvalue weighted by molar-refractivity contribution is 6.35. The molecule has 0 unspecified atom stereocenters. The monoisotopic (exact) mass is 359 g/mol. The number of nitrogens with zero attached hydrogens (tertiary/aromatic N) is 3. The Bertz CT molecular complexity index is 873. The van der Waals surface area contributed by atoms with Crippen molar-refractivity contribution in [3.8, 4) is 18.0 Å². The van der Waals surface area contributed by atoms with Crippen molar-refractivity contribution in [2.24, 2.45) is 0 Å². The summed E-state index contributed by atoms with van der Waals surface area (Å²) >= 11 is 6.31. The lowest BCUT2D eigenvalue weighted by Gasteiger charge is -2.16. The molecule has 2 rings (SSSR count). The van der Waals surface area contributed by atoms with E-state index in [1.807, 2.05) is 19.9 Å². The van der Waals surface area contributed by atoms with Crippen LogP contribution in [0.2, 0.25) is 5.02 Å². The van der Waals surface area contributed by atoms with E-state index < -0.39 is 5.78 Å². The Morgan fingerprint density at radius 2 is 1.92 bits per heavy atom. The zero-order valence-corrected chi connectivity index (χ0v) is 15.4. The van der Waals surface area contributed by atoms with Crippen LogP contribution in [0.5, 0.6) is 11.9 Å². The molecule has 1 heterocycles. The largest absolute Gasteiger partial charge is 0.481 e. The first kappa shape index (κ1) is 18.7. The van der Waals surface area contributed by atoms with Gasteiger partial charge in [0.15, 0.2) is 0 Å². The average molecular weight is 360 g/mol. The van der Waals surface area contributed by atoms with Crippen LogP contribution in [0, 0.1) is 18.3 Å². The van der Waals surface area contributed by atoms with E-state index in [9.17, 15) is 4.79 Å². The Labute approximate surface area is 151 Å². The number of ether oxygens (including phenoxy) is 2. The van der Waals surface area contributed by atoms with E-state index >= 15 is 0 Å². The van der Waals surface area contributed by atoms with Crippen LogP contribution in [0.3, 0.4) is 0 Å². The van der Waals surface area contributed by atoms with Gasteiger partial charge in [0, 0.05) is 11.1 Å². The average Bonchev–Trinajstić information content (AvgIpc) is 2.61. The van der Waals surface area contributed by atoms with Gasteiger partial charge in [0.1, 0.15) is 5.69 Å². The lowest BCUT2D eigenvalue weighted by Crippen LogP contribution is -2.14. The molecular weight excluding hydrogens is 342 g/mol. The Balaban J connectivity index is 2.76. The van der Waals surface area contributed by atoms with E-state index in [2.05, 4.69) is 9.97 Å². The number of carbonyl (C=O) groups excluding carboxylic acids is 1. The molecule has 0 fully saturated rings. The minimum Gasteiger partial charge on any atom is -0.481 e. The molecule has 0 atom stereocenters. The van der Waals surface area contributed by atoms with Crippen LogP contribution in [-0.4, -0.2) is 30.0 Å². The number of nitriles is 1. The predicted molar refractivity (Wildman–Crippen MR) is 93.6 cm³/mol. The van der Waals surface area contributed by atoms with Gasteiger partial charge in [0.25, 0.3) is 0 Å². The molecule has 7 heteroatoms. The topological polar surface area (TPSA) is 85.1 Å². The standard InChI is InChI=1S/C18H18ClN3O3/c1-9(2)13-15(21-18(25-5)22-17(13)24-4)16(23)12-7-11(8-20)6-10(3)14(12)19/h6-7,9H,1-5H3. The van der Waals surface area contributed by atoms with Crippen LogP contribution in [0.25, 0.3) is 0 Å². The van der Waals surface area contributed by atoms with E-state index in [0.717, 1.165) is 0 Å². The van der Waals surface area contributed by atoms with Gasteiger partial charge in [-0.2, -0.15) is 15.2 Å². The number of hydrogen-bond donors (Lipinski definition) is 0. The SMILES string of the molecule is COc1nc(OC)c(C(C)C)c(C(=O)c2cc(C#N)cc(C)c2Cl)n1. The minimum atomic E-state index is -0.409. The van der Waals surface area contributed by atoms with Gasteiger partial charge in [-0.05, 0) is 30.5 Å². The Kier molecular flexibility index (Phi) is 5.60. The van der Waals surface area contributed by atoms with Crippen LogP contribution in [0.15, 0.2) is 12.1 Å². The highest BCUT2D eigenvalue weighted by Crippen LogP contribution is 2.32. The molecule has 0 spiro atoms. The summed E-state index contributed by atoms with van der Waals surface area (Å²) in [6, 6.07) is 5.14. The first-order valence-corrected chi connectivity index (χ1v) is 7.96. The molecule has 130 valence electrons. The number of aromatic nitrogens is 2. The normalized spacial score (nSPS) is 10.5. The maximum Gasteiger partial charge on any atom is 0.320 e. The van der Waals surface area contributed by atoms with Crippen molar-refractivity contribution in [1.29, 1.82) is 5.26 Å². The maximum absolute atomic E-state index is 13.2. The number of carbonyl (C=O) groups is 1. The number of hydrogen-bond acceptors (Lipinski definition) is 6. The van der Waals surface area contributed by atoms with Crippen LogP contribution in [0.1, 0.15) is 52.5 Å². The van der Waals surface area contributed by atoms with Gasteiger partial charge < -0.3 is 9.47 Å². The molecule has 0 aliphatic rings. The number of rotatable bonds is 5. The summed E-state index contributed by atoms with van der Waals surface area (Å²) in [5.74, 6) is -0.207. The summed E-state index contributed by atoms with van der Waals surface area (Å²) in [6.07, 6.45) is 0. The summed E-state index contributed by atoms with van der Waals surface area (Å²) in [7, 11) is 2.88.